The molecule has 286 valence electrons. The van der Waals surface area contributed by atoms with Crippen LogP contribution in [0, 0.1) is 49.4 Å². The summed E-state index contributed by atoms with van der Waals surface area (Å²) in [5.74, 6) is 0.0471. The molecular weight excluding hydrogens is 851 g/mol. The van der Waals surface area contributed by atoms with Crippen LogP contribution in [-0.2, 0) is 39.3 Å². The fourth-order valence-electron chi connectivity index (χ4n) is 7.35. The first-order valence-corrected chi connectivity index (χ1v) is 19.5. The van der Waals surface area contributed by atoms with E-state index in [1.165, 1.54) is 0 Å². The van der Waals surface area contributed by atoms with Crippen molar-refractivity contribution in [3.63, 3.8) is 0 Å². The van der Waals surface area contributed by atoms with Crippen molar-refractivity contribution in [3.05, 3.63) is 142 Å². The van der Waals surface area contributed by atoms with Crippen LogP contribution in [0.15, 0.2) is 97.2 Å². The van der Waals surface area contributed by atoms with Gasteiger partial charge in [-0.15, -0.1) is 0 Å². The zero-order valence-corrected chi connectivity index (χ0v) is 34.5. The van der Waals surface area contributed by atoms with E-state index >= 15 is 0 Å². The minimum Gasteiger partial charge on any atom is -0.330 e. The smallest absolute Gasteiger partial charge is 0.330 e. The van der Waals surface area contributed by atoms with Crippen molar-refractivity contribution in [2.75, 3.05) is 6.54 Å². The predicted molar refractivity (Wildman–Crippen MR) is 215 cm³/mol. The molecule has 0 aliphatic carbocycles. The van der Waals surface area contributed by atoms with Gasteiger partial charge in [-0.2, -0.15) is 0 Å². The van der Waals surface area contributed by atoms with Gasteiger partial charge in [-0.05, 0) is 91.7 Å². The van der Waals surface area contributed by atoms with Crippen molar-refractivity contribution >= 4 is 11.6 Å². The molecule has 0 saturated heterocycles. The van der Waals surface area contributed by atoms with Gasteiger partial charge in [0.05, 0.1) is 62.6 Å². The van der Waals surface area contributed by atoms with E-state index < -0.39 is 0 Å². The summed E-state index contributed by atoms with van der Waals surface area (Å²) in [7, 11) is 0. The average Bonchev–Trinajstić information content (AvgIpc) is 3.21. The maximum Gasteiger partial charge on any atom is 3.00 e. The van der Waals surface area contributed by atoms with Crippen LogP contribution >= 0.6 is 0 Å². The number of ketones is 2. The standard InChI is InChI=1S/C45H45N9O2.Eu/c1-2-3-14-44(55)31-19-37-29-54-26-34-8-4-11-39(48-34)38-17-16-30(23-47-38)24-53(25-33-9-5-12-40(49-33)41-13-6-10-35(27-54)50-41)28-36-20-32(45(56)15-7-18-46)22-43(51-36)42(21-31)52-37;/h4-6,8-13,16-17,19-23H,2-3,7,14-15,18,24-29,46H2,1H3;/q;+3. The third-order valence-corrected chi connectivity index (χ3v) is 10.1. The summed E-state index contributed by atoms with van der Waals surface area (Å²) in [5.41, 5.74) is 16.2. The Bertz CT molecular complexity index is 2390. The van der Waals surface area contributed by atoms with Crippen LogP contribution in [0.2, 0.25) is 0 Å². The molecule has 5 aliphatic heterocycles. The summed E-state index contributed by atoms with van der Waals surface area (Å²) in [4.78, 5) is 62.4. The van der Waals surface area contributed by atoms with Gasteiger partial charge in [0.25, 0.3) is 0 Å². The first-order chi connectivity index (χ1) is 27.4. The van der Waals surface area contributed by atoms with Gasteiger partial charge in [0, 0.05) is 69.4 Å². The molecule has 5 aliphatic rings. The molecule has 2 unspecified atom stereocenters. The topological polar surface area (TPSA) is 144 Å². The molecule has 0 amide bonds. The van der Waals surface area contributed by atoms with E-state index in [0.717, 1.165) is 58.3 Å². The Balaban J connectivity index is 0.00000496. The zero-order chi connectivity index (χ0) is 38.4. The Morgan fingerprint density at radius 2 is 1.00 bits per heavy atom. The second kappa shape index (κ2) is 19.0. The van der Waals surface area contributed by atoms with E-state index in [4.69, 9.17) is 35.6 Å². The van der Waals surface area contributed by atoms with E-state index in [9.17, 15) is 9.59 Å². The fraction of sp³-hybridized carbons (Fsp3) is 0.289. The summed E-state index contributed by atoms with van der Waals surface area (Å²) in [6.07, 6.45) is 4.94. The SMILES string of the molecule is CCCCC(=O)c1cc2nc(c1)-c1cc(C(=O)CCCN)cc(n1)CN1Cc3ccc(nc3)-c3cccc(n3)CN(Cc3cccc(n3)-c3cccc(n3)C1)C2.[Eu+3]. The van der Waals surface area contributed by atoms with Crippen molar-refractivity contribution in [2.24, 2.45) is 5.73 Å². The van der Waals surface area contributed by atoms with Crippen LogP contribution in [0.25, 0.3) is 34.2 Å². The quantitative estimate of drug-likeness (QED) is 0.153. The number of hydrogen-bond donors (Lipinski definition) is 1. The number of hydrogen-bond acceptors (Lipinski definition) is 11. The Hall–Kier alpha value is -4.30. The van der Waals surface area contributed by atoms with E-state index in [-0.39, 0.29) is 60.9 Å². The third kappa shape index (κ3) is 10.2. The molecule has 6 aromatic heterocycles. The molecule has 12 heteroatoms. The van der Waals surface area contributed by atoms with E-state index in [2.05, 4.69) is 22.8 Å². The average molecular weight is 896 g/mol. The summed E-state index contributed by atoms with van der Waals surface area (Å²) >= 11 is 0. The van der Waals surface area contributed by atoms with Gasteiger partial charge in [-0.1, -0.05) is 37.6 Å². The van der Waals surface area contributed by atoms with Crippen LogP contribution < -0.4 is 5.73 Å². The number of carbonyl (C=O) groups excluding carboxylic acids is 2. The minimum atomic E-state index is -0.00828. The monoisotopic (exact) mass is 896 g/mol. The summed E-state index contributed by atoms with van der Waals surface area (Å²) in [6, 6.07) is 29.7. The van der Waals surface area contributed by atoms with Crippen molar-refractivity contribution < 1.29 is 59.0 Å². The van der Waals surface area contributed by atoms with Gasteiger partial charge in [0.15, 0.2) is 11.6 Å². The first-order valence-electron chi connectivity index (χ1n) is 19.5. The van der Waals surface area contributed by atoms with E-state index in [1.54, 1.807) is 0 Å². The second-order valence-electron chi connectivity index (χ2n) is 14.7. The number of rotatable bonds is 8. The van der Waals surface area contributed by atoms with Gasteiger partial charge < -0.3 is 5.73 Å². The molecule has 14 bridgehead atoms. The van der Waals surface area contributed by atoms with Crippen LogP contribution in [0.4, 0.5) is 0 Å². The van der Waals surface area contributed by atoms with Crippen LogP contribution in [0.1, 0.15) is 93.8 Å². The van der Waals surface area contributed by atoms with Gasteiger partial charge in [0.1, 0.15) is 0 Å². The minimum absolute atomic E-state index is 0. The zero-order valence-electron chi connectivity index (χ0n) is 32.1. The van der Waals surface area contributed by atoms with Crippen molar-refractivity contribution in [3.8, 4) is 34.2 Å². The fourth-order valence-corrected chi connectivity index (χ4v) is 7.35. The van der Waals surface area contributed by atoms with Crippen molar-refractivity contribution in [2.45, 2.75) is 78.3 Å². The number of nitrogens with two attached hydrogens (primary N) is 1. The molecule has 0 aromatic carbocycles. The Kier molecular flexibility index (Phi) is 13.6. The number of Topliss-reactive ketones (excluding diaryl/α,β-unsaturated/α-hetero) is 2. The summed E-state index contributed by atoms with van der Waals surface area (Å²) in [5, 5.41) is 0. The van der Waals surface area contributed by atoms with Crippen LogP contribution in [-0.4, -0.2) is 57.8 Å². The van der Waals surface area contributed by atoms with E-state index in [0.29, 0.717) is 99.0 Å². The molecule has 6 aromatic rings. The molecule has 11 rings (SSSR count). The molecule has 0 fully saturated rings. The normalized spacial score (nSPS) is 15.9. The summed E-state index contributed by atoms with van der Waals surface area (Å²) < 4.78 is 0. The van der Waals surface area contributed by atoms with Crippen LogP contribution in [0.5, 0.6) is 0 Å². The van der Waals surface area contributed by atoms with Gasteiger partial charge in [-0.25, -0.2) is 24.9 Å². The number of carbonyl (C=O) groups is 2. The largest absolute Gasteiger partial charge is 3.00 e. The predicted octanol–water partition coefficient (Wildman–Crippen LogP) is 7.38. The molecule has 11 nitrogen and oxygen atoms in total. The molecule has 0 saturated carbocycles. The summed E-state index contributed by atoms with van der Waals surface area (Å²) in [6.45, 7) is 5.32. The number of pyridine rings is 6. The Labute approximate surface area is 374 Å². The maximum atomic E-state index is 13.7. The molecular formula is C45H45EuN9O2+3. The van der Waals surface area contributed by atoms with Crippen molar-refractivity contribution in [1.29, 1.82) is 0 Å². The number of aromatic nitrogens is 6. The van der Waals surface area contributed by atoms with Gasteiger partial charge in [-0.3, -0.25) is 24.4 Å². The van der Waals surface area contributed by atoms with Crippen LogP contribution in [0.3, 0.4) is 0 Å². The van der Waals surface area contributed by atoms with E-state index in [1.807, 2.05) is 91.1 Å². The Morgan fingerprint density at radius 1 is 0.544 bits per heavy atom. The van der Waals surface area contributed by atoms with Gasteiger partial charge >= 0.3 is 49.4 Å². The molecule has 0 spiro atoms. The van der Waals surface area contributed by atoms with Crippen molar-refractivity contribution in [1.82, 2.24) is 39.7 Å². The number of nitrogens with zero attached hydrogens (tertiary/aromatic N) is 8. The van der Waals surface area contributed by atoms with Gasteiger partial charge in [0.2, 0.25) is 0 Å². The molecule has 57 heavy (non-hydrogen) atoms. The maximum absolute atomic E-state index is 13.7. The Morgan fingerprint density at radius 3 is 1.47 bits per heavy atom. The molecule has 0 radical (unpaired) electrons. The second-order valence-corrected chi connectivity index (χ2v) is 14.7. The molecule has 11 heterocycles. The third-order valence-electron chi connectivity index (χ3n) is 10.1. The molecule has 2 N–H and O–H groups in total. The number of unbranched alkanes of at least 4 members (excludes halogenated alkanes) is 1. The first kappa shape index (κ1) is 40.9. The molecule has 2 atom stereocenters.